The zero-order valence-corrected chi connectivity index (χ0v) is 16.4. The lowest BCUT2D eigenvalue weighted by molar-refractivity contribution is 0.660. The predicted molar refractivity (Wildman–Crippen MR) is 110 cm³/mol. The maximum absolute atomic E-state index is 6.38. The van der Waals surface area contributed by atoms with Gasteiger partial charge in [0.15, 0.2) is 0 Å². The third kappa shape index (κ3) is 3.26. The van der Waals surface area contributed by atoms with Crippen molar-refractivity contribution in [1.82, 2.24) is 0 Å². The van der Waals surface area contributed by atoms with Crippen molar-refractivity contribution in [3.63, 3.8) is 0 Å². The van der Waals surface area contributed by atoms with E-state index >= 15 is 0 Å². The van der Waals surface area contributed by atoms with Gasteiger partial charge in [-0.2, -0.15) is 0 Å². The Morgan fingerprint density at radius 2 is 1.00 bits per heavy atom. The highest BCUT2D eigenvalue weighted by molar-refractivity contribution is 6.37. The van der Waals surface area contributed by atoms with E-state index in [1.807, 2.05) is 36.4 Å². The first-order chi connectivity index (χ1) is 12.0. The first-order valence-corrected chi connectivity index (χ1v) is 9.87. The van der Waals surface area contributed by atoms with Gasteiger partial charge < -0.3 is 0 Å². The summed E-state index contributed by atoms with van der Waals surface area (Å²) in [5, 5.41) is 2.71. The van der Waals surface area contributed by atoms with Crippen molar-refractivity contribution in [3.05, 3.63) is 78.8 Å². The molecule has 0 spiro atoms. The average molecular weight is 410 g/mol. The van der Waals surface area contributed by atoms with Crippen molar-refractivity contribution in [2.24, 2.45) is 11.8 Å². The lowest BCUT2D eigenvalue weighted by Crippen LogP contribution is -2.03. The summed E-state index contributed by atoms with van der Waals surface area (Å²) in [4.78, 5) is 0. The lowest BCUT2D eigenvalue weighted by Gasteiger charge is -2.19. The van der Waals surface area contributed by atoms with E-state index < -0.39 is 0 Å². The molecular weight excluding hydrogens is 394 g/mol. The molecule has 4 rings (SSSR count). The highest BCUT2D eigenvalue weighted by Crippen LogP contribution is 2.53. The van der Waals surface area contributed by atoms with Crippen molar-refractivity contribution >= 4 is 58.6 Å². The number of hydrogen-bond donors (Lipinski definition) is 0. The quantitative estimate of drug-likeness (QED) is 0.468. The van der Waals surface area contributed by atoms with Crippen LogP contribution in [-0.4, -0.2) is 0 Å². The smallest absolute Gasteiger partial charge is 0.0493 e. The van der Waals surface area contributed by atoms with E-state index in [0.717, 1.165) is 11.1 Å². The van der Waals surface area contributed by atoms with Crippen LogP contribution < -0.4 is 0 Å². The molecule has 0 radical (unpaired) electrons. The summed E-state index contributed by atoms with van der Waals surface area (Å²) >= 11 is 25.5. The van der Waals surface area contributed by atoms with Gasteiger partial charge in [-0.1, -0.05) is 58.5 Å². The van der Waals surface area contributed by atoms with E-state index in [1.165, 1.54) is 30.4 Å². The first kappa shape index (κ1) is 17.5. The summed E-state index contributed by atoms with van der Waals surface area (Å²) in [7, 11) is 0. The molecule has 2 bridgehead atoms. The van der Waals surface area contributed by atoms with Crippen LogP contribution in [0.15, 0.2) is 47.5 Å². The SMILES string of the molecule is Clc1cccc(Cl)c1/C=C1\C(=C/c2c(Cl)cccc2Cl)[C@H]2CC[C@@H]1C2. The molecule has 0 unspecified atom stereocenters. The van der Waals surface area contributed by atoms with Crippen molar-refractivity contribution in [1.29, 1.82) is 0 Å². The number of benzene rings is 2. The Morgan fingerprint density at radius 1 is 0.640 bits per heavy atom. The largest absolute Gasteiger partial charge is 0.0836 e. The minimum Gasteiger partial charge on any atom is -0.0836 e. The van der Waals surface area contributed by atoms with Gasteiger partial charge in [0.25, 0.3) is 0 Å². The van der Waals surface area contributed by atoms with Gasteiger partial charge in [-0.15, -0.1) is 0 Å². The Labute approximate surface area is 168 Å². The molecular formula is C21H16Cl4. The molecule has 2 fully saturated rings. The molecule has 2 aliphatic rings. The second-order valence-corrected chi connectivity index (χ2v) is 8.31. The zero-order chi connectivity index (χ0) is 17.6. The van der Waals surface area contributed by atoms with Crippen LogP contribution in [0, 0.1) is 11.8 Å². The van der Waals surface area contributed by atoms with Crippen molar-refractivity contribution < 1.29 is 0 Å². The molecule has 0 amide bonds. The second kappa shape index (κ2) is 7.00. The van der Waals surface area contributed by atoms with Gasteiger partial charge in [0, 0.05) is 31.2 Å². The molecule has 0 N–H and O–H groups in total. The van der Waals surface area contributed by atoms with Crippen LogP contribution >= 0.6 is 46.4 Å². The number of hydrogen-bond acceptors (Lipinski definition) is 0. The fourth-order valence-corrected chi connectivity index (χ4v) is 5.04. The predicted octanol–water partition coefficient (Wildman–Crippen LogP) is 8.20. The molecule has 2 aliphatic carbocycles. The van der Waals surface area contributed by atoms with Crippen LogP contribution in [0.3, 0.4) is 0 Å². The fourth-order valence-electron chi connectivity index (χ4n) is 4.03. The Bertz CT molecular complexity index is 781. The van der Waals surface area contributed by atoms with E-state index in [0.29, 0.717) is 31.9 Å². The third-order valence-corrected chi connectivity index (χ3v) is 6.56. The molecule has 25 heavy (non-hydrogen) atoms. The monoisotopic (exact) mass is 408 g/mol. The van der Waals surface area contributed by atoms with Crippen LogP contribution in [0.2, 0.25) is 20.1 Å². The molecule has 0 heterocycles. The second-order valence-electron chi connectivity index (χ2n) is 6.68. The summed E-state index contributed by atoms with van der Waals surface area (Å²) < 4.78 is 0. The minimum absolute atomic E-state index is 0.560. The summed E-state index contributed by atoms with van der Waals surface area (Å²) in [6, 6.07) is 11.2. The van der Waals surface area contributed by atoms with Gasteiger partial charge in [0.05, 0.1) is 0 Å². The molecule has 0 saturated heterocycles. The van der Waals surface area contributed by atoms with Crippen LogP contribution in [-0.2, 0) is 0 Å². The highest BCUT2D eigenvalue weighted by Gasteiger charge is 2.39. The number of rotatable bonds is 2. The minimum atomic E-state index is 0.560. The zero-order valence-electron chi connectivity index (χ0n) is 13.4. The summed E-state index contributed by atoms with van der Waals surface area (Å²) in [6.07, 6.45) is 7.93. The van der Waals surface area contributed by atoms with Gasteiger partial charge >= 0.3 is 0 Å². The van der Waals surface area contributed by atoms with Gasteiger partial charge in [-0.05, 0) is 78.7 Å². The van der Waals surface area contributed by atoms with Gasteiger partial charge in [-0.25, -0.2) is 0 Å². The molecule has 4 heteroatoms. The topological polar surface area (TPSA) is 0 Å². The fraction of sp³-hybridized carbons (Fsp3) is 0.238. The molecule has 128 valence electrons. The molecule has 2 aromatic rings. The lowest BCUT2D eigenvalue weighted by atomic mass is 9.87. The van der Waals surface area contributed by atoms with E-state index in [-0.39, 0.29) is 0 Å². The molecule has 2 saturated carbocycles. The molecule has 0 nitrogen and oxygen atoms in total. The summed E-state index contributed by atoms with van der Waals surface area (Å²) in [6.45, 7) is 0. The van der Waals surface area contributed by atoms with E-state index in [2.05, 4.69) is 12.2 Å². The molecule has 2 atom stereocenters. The van der Waals surface area contributed by atoms with Gasteiger partial charge in [0.2, 0.25) is 0 Å². The maximum Gasteiger partial charge on any atom is 0.0493 e. The van der Waals surface area contributed by atoms with Crippen LogP contribution in [0.4, 0.5) is 0 Å². The Kier molecular flexibility index (Phi) is 4.90. The Balaban J connectivity index is 1.84. The van der Waals surface area contributed by atoms with E-state index in [9.17, 15) is 0 Å². The standard InChI is InChI=1S/C21H16Cl4/c22-18-3-1-4-19(23)16(18)10-14-12-7-8-13(9-12)15(14)11-17-20(24)5-2-6-21(17)25/h1-6,10-13H,7-9H2/b14-10-,15-11-/t12-,13+. The van der Waals surface area contributed by atoms with Crippen LogP contribution in [0.5, 0.6) is 0 Å². The van der Waals surface area contributed by atoms with Gasteiger partial charge in [-0.3, -0.25) is 0 Å². The number of fused-ring (bicyclic) bond motifs is 2. The summed E-state index contributed by atoms with van der Waals surface area (Å²) in [5.41, 5.74) is 4.43. The maximum atomic E-state index is 6.38. The number of allylic oxidation sites excluding steroid dienone is 2. The molecule has 0 aromatic heterocycles. The Morgan fingerprint density at radius 3 is 1.36 bits per heavy atom. The highest BCUT2D eigenvalue weighted by atomic mass is 35.5. The third-order valence-electron chi connectivity index (χ3n) is 5.24. The van der Waals surface area contributed by atoms with Gasteiger partial charge in [0.1, 0.15) is 0 Å². The normalized spacial score (nSPS) is 25.3. The first-order valence-electron chi connectivity index (χ1n) is 8.36. The van der Waals surface area contributed by atoms with E-state index in [1.54, 1.807) is 0 Å². The van der Waals surface area contributed by atoms with E-state index in [4.69, 9.17) is 46.4 Å². The van der Waals surface area contributed by atoms with Crippen molar-refractivity contribution in [2.45, 2.75) is 19.3 Å². The molecule has 0 aliphatic heterocycles. The average Bonchev–Trinajstić information content (AvgIpc) is 3.16. The van der Waals surface area contributed by atoms with Crippen molar-refractivity contribution in [2.75, 3.05) is 0 Å². The summed E-state index contributed by atoms with van der Waals surface area (Å²) in [5.74, 6) is 1.12. The van der Waals surface area contributed by atoms with Crippen LogP contribution in [0.25, 0.3) is 12.2 Å². The van der Waals surface area contributed by atoms with Crippen LogP contribution in [0.1, 0.15) is 30.4 Å². The van der Waals surface area contributed by atoms with Crippen molar-refractivity contribution in [3.8, 4) is 0 Å². The number of halogens is 4. The Hall–Kier alpha value is -0.920. The molecule has 2 aromatic carbocycles.